The van der Waals surface area contributed by atoms with E-state index in [4.69, 9.17) is 11.6 Å². The van der Waals surface area contributed by atoms with E-state index in [-0.39, 0.29) is 23.4 Å². The van der Waals surface area contributed by atoms with Crippen LogP contribution in [-0.4, -0.2) is 43.8 Å². The number of carbonyl (C=O) groups excluding carboxylic acids is 2. The van der Waals surface area contributed by atoms with E-state index in [9.17, 15) is 18.0 Å². The summed E-state index contributed by atoms with van der Waals surface area (Å²) in [5.41, 5.74) is 1.85. The summed E-state index contributed by atoms with van der Waals surface area (Å²) < 4.78 is 28.5. The third kappa shape index (κ3) is 7.11. The summed E-state index contributed by atoms with van der Waals surface area (Å²) in [6, 6.07) is 21.0. The third-order valence-corrected chi connectivity index (χ3v) is 7.95. The number of amides is 2. The number of benzene rings is 3. The third-order valence-electron chi connectivity index (χ3n) is 5.80. The molecule has 0 saturated carbocycles. The van der Waals surface area contributed by atoms with Gasteiger partial charge < -0.3 is 10.2 Å². The van der Waals surface area contributed by atoms with Crippen molar-refractivity contribution in [3.05, 3.63) is 95.0 Å². The van der Waals surface area contributed by atoms with Gasteiger partial charge in [-0.2, -0.15) is 0 Å². The van der Waals surface area contributed by atoms with Crippen LogP contribution in [0.3, 0.4) is 0 Å². The number of anilines is 1. The van der Waals surface area contributed by atoms with Crippen molar-refractivity contribution in [2.24, 2.45) is 0 Å². The summed E-state index contributed by atoms with van der Waals surface area (Å²) in [5, 5.41) is 3.28. The minimum absolute atomic E-state index is 0.0399. The Kier molecular flexibility index (Phi) is 9.34. The summed E-state index contributed by atoms with van der Waals surface area (Å²) in [6.45, 7) is 6.67. The molecule has 7 nitrogen and oxygen atoms in total. The molecule has 1 atom stereocenters. The SMILES string of the molecule is Cc1cccc(N(CC(=O)N(Cc2ccccc2Cl)C(C)C(=O)NC(C)C)S(=O)(=O)c2ccccc2)c1. The first kappa shape index (κ1) is 28.2. The molecule has 0 bridgehead atoms. The lowest BCUT2D eigenvalue weighted by molar-refractivity contribution is -0.139. The van der Waals surface area contributed by atoms with Crippen molar-refractivity contribution in [2.45, 2.75) is 51.2 Å². The molecule has 1 N–H and O–H groups in total. The first-order chi connectivity index (χ1) is 17.5. The Morgan fingerprint density at radius 2 is 1.57 bits per heavy atom. The van der Waals surface area contributed by atoms with Crippen LogP contribution in [0.5, 0.6) is 0 Å². The first-order valence-corrected chi connectivity index (χ1v) is 13.8. The van der Waals surface area contributed by atoms with E-state index in [1.54, 1.807) is 67.6 Å². The van der Waals surface area contributed by atoms with Crippen molar-refractivity contribution in [1.82, 2.24) is 10.2 Å². The maximum Gasteiger partial charge on any atom is 0.264 e. The van der Waals surface area contributed by atoms with Gasteiger partial charge in [0.1, 0.15) is 12.6 Å². The minimum Gasteiger partial charge on any atom is -0.352 e. The van der Waals surface area contributed by atoms with Gasteiger partial charge in [0.25, 0.3) is 10.0 Å². The Morgan fingerprint density at radius 1 is 0.919 bits per heavy atom. The van der Waals surface area contributed by atoms with Gasteiger partial charge in [-0.1, -0.05) is 60.1 Å². The summed E-state index contributed by atoms with van der Waals surface area (Å²) >= 11 is 6.37. The zero-order valence-electron chi connectivity index (χ0n) is 21.4. The minimum atomic E-state index is -4.09. The predicted molar refractivity (Wildman–Crippen MR) is 147 cm³/mol. The van der Waals surface area contributed by atoms with Crippen molar-refractivity contribution < 1.29 is 18.0 Å². The van der Waals surface area contributed by atoms with E-state index < -0.39 is 28.5 Å². The molecule has 0 aliphatic carbocycles. The summed E-state index contributed by atoms with van der Waals surface area (Å²) in [5.74, 6) is -0.879. The van der Waals surface area contributed by atoms with E-state index >= 15 is 0 Å². The molecule has 9 heteroatoms. The number of rotatable bonds is 10. The molecule has 0 radical (unpaired) electrons. The van der Waals surface area contributed by atoms with Gasteiger partial charge in [0.05, 0.1) is 10.6 Å². The fraction of sp³-hybridized carbons (Fsp3) is 0.286. The molecule has 0 saturated heterocycles. The van der Waals surface area contributed by atoms with E-state index in [0.29, 0.717) is 16.3 Å². The molecule has 3 aromatic carbocycles. The Morgan fingerprint density at radius 3 is 2.19 bits per heavy atom. The zero-order chi connectivity index (χ0) is 27.2. The number of hydrogen-bond acceptors (Lipinski definition) is 4. The Bertz CT molecular complexity index is 1350. The number of nitrogens with one attached hydrogen (secondary N) is 1. The smallest absolute Gasteiger partial charge is 0.264 e. The average Bonchev–Trinajstić information content (AvgIpc) is 2.86. The molecular formula is C28H32ClN3O4S. The van der Waals surface area contributed by atoms with Gasteiger partial charge in [-0.05, 0) is 69.2 Å². The van der Waals surface area contributed by atoms with Crippen LogP contribution in [0.15, 0.2) is 83.8 Å². The normalized spacial score (nSPS) is 12.2. The second-order valence-electron chi connectivity index (χ2n) is 9.12. The molecule has 196 valence electrons. The predicted octanol–water partition coefficient (Wildman–Crippen LogP) is 4.79. The molecule has 0 heterocycles. The van der Waals surface area contributed by atoms with E-state index in [1.165, 1.54) is 17.0 Å². The fourth-order valence-electron chi connectivity index (χ4n) is 3.83. The molecule has 37 heavy (non-hydrogen) atoms. The number of carbonyl (C=O) groups is 2. The van der Waals surface area contributed by atoms with Crippen LogP contribution in [0.25, 0.3) is 0 Å². The van der Waals surface area contributed by atoms with E-state index in [1.807, 2.05) is 26.8 Å². The average molecular weight is 542 g/mol. The van der Waals surface area contributed by atoms with Crippen molar-refractivity contribution in [1.29, 1.82) is 0 Å². The van der Waals surface area contributed by atoms with Gasteiger partial charge in [0.15, 0.2) is 0 Å². The molecule has 1 unspecified atom stereocenters. The lowest BCUT2D eigenvalue weighted by Crippen LogP contribution is -2.52. The van der Waals surface area contributed by atoms with Crippen LogP contribution < -0.4 is 9.62 Å². The summed E-state index contributed by atoms with van der Waals surface area (Å²) in [6.07, 6.45) is 0. The van der Waals surface area contributed by atoms with E-state index in [0.717, 1.165) is 9.87 Å². The van der Waals surface area contributed by atoms with Crippen molar-refractivity contribution in [2.75, 3.05) is 10.8 Å². The summed E-state index contributed by atoms with van der Waals surface area (Å²) in [4.78, 5) is 28.2. The monoisotopic (exact) mass is 541 g/mol. The number of sulfonamides is 1. The van der Waals surface area contributed by atoms with Gasteiger partial charge in [0.2, 0.25) is 11.8 Å². The molecule has 0 aromatic heterocycles. The largest absolute Gasteiger partial charge is 0.352 e. The number of halogens is 1. The van der Waals surface area contributed by atoms with Crippen LogP contribution in [0, 0.1) is 6.92 Å². The van der Waals surface area contributed by atoms with Gasteiger partial charge in [-0.3, -0.25) is 13.9 Å². The highest BCUT2D eigenvalue weighted by Crippen LogP contribution is 2.26. The Hall–Kier alpha value is -3.36. The number of nitrogens with zero attached hydrogens (tertiary/aromatic N) is 2. The molecule has 0 aliphatic heterocycles. The second-order valence-corrected chi connectivity index (χ2v) is 11.4. The quantitative estimate of drug-likeness (QED) is 0.400. The van der Waals surface area contributed by atoms with Gasteiger partial charge in [-0.25, -0.2) is 8.42 Å². The van der Waals surface area contributed by atoms with Crippen LogP contribution >= 0.6 is 11.6 Å². The lowest BCUT2D eigenvalue weighted by atomic mass is 10.1. The number of aryl methyl sites for hydroxylation is 1. The van der Waals surface area contributed by atoms with Crippen molar-refractivity contribution >= 4 is 39.1 Å². The van der Waals surface area contributed by atoms with Gasteiger partial charge in [0, 0.05) is 17.6 Å². The lowest BCUT2D eigenvalue weighted by Gasteiger charge is -2.32. The Labute approximate surface area is 224 Å². The topological polar surface area (TPSA) is 86.8 Å². The molecule has 0 spiro atoms. The van der Waals surface area contributed by atoms with Crippen LogP contribution in [0.2, 0.25) is 5.02 Å². The molecule has 0 fully saturated rings. The highest BCUT2D eigenvalue weighted by molar-refractivity contribution is 7.92. The second kappa shape index (κ2) is 12.3. The fourth-order valence-corrected chi connectivity index (χ4v) is 5.45. The zero-order valence-corrected chi connectivity index (χ0v) is 23.0. The standard InChI is InChI=1S/C28H32ClN3O4S/c1-20(2)30-28(34)22(4)31(18-23-12-8-9-16-26(23)29)27(33)19-32(24-13-10-11-21(3)17-24)37(35,36)25-14-6-5-7-15-25/h5-17,20,22H,18-19H2,1-4H3,(H,30,34). The van der Waals surface area contributed by atoms with Crippen LogP contribution in [-0.2, 0) is 26.2 Å². The highest BCUT2D eigenvalue weighted by atomic mass is 35.5. The Balaban J connectivity index is 2.03. The maximum absolute atomic E-state index is 13.8. The first-order valence-electron chi connectivity index (χ1n) is 12.0. The molecule has 3 aromatic rings. The molecule has 2 amide bonds. The summed E-state index contributed by atoms with van der Waals surface area (Å²) in [7, 11) is -4.09. The molecular weight excluding hydrogens is 510 g/mol. The van der Waals surface area contributed by atoms with Gasteiger partial charge in [-0.15, -0.1) is 0 Å². The molecule has 3 rings (SSSR count). The van der Waals surface area contributed by atoms with Crippen LogP contribution in [0.1, 0.15) is 31.9 Å². The highest BCUT2D eigenvalue weighted by Gasteiger charge is 2.32. The molecule has 0 aliphatic rings. The maximum atomic E-state index is 13.8. The van der Waals surface area contributed by atoms with Crippen molar-refractivity contribution in [3.63, 3.8) is 0 Å². The number of hydrogen-bond donors (Lipinski definition) is 1. The van der Waals surface area contributed by atoms with E-state index in [2.05, 4.69) is 5.32 Å². The van der Waals surface area contributed by atoms with Gasteiger partial charge >= 0.3 is 0 Å². The van der Waals surface area contributed by atoms with Crippen molar-refractivity contribution in [3.8, 4) is 0 Å². The van der Waals surface area contributed by atoms with Crippen LogP contribution in [0.4, 0.5) is 5.69 Å².